The van der Waals surface area contributed by atoms with Gasteiger partial charge < -0.3 is 15.8 Å². The summed E-state index contributed by atoms with van der Waals surface area (Å²) in [6.45, 7) is 3.91. The lowest BCUT2D eigenvalue weighted by atomic mass is 10.5. The molecule has 0 atom stereocenters. The third-order valence-electron chi connectivity index (χ3n) is 1.93. The number of hydrogen-bond donors (Lipinski definition) is 2. The van der Waals surface area contributed by atoms with Crippen LogP contribution in [-0.4, -0.2) is 31.2 Å². The molecule has 1 rings (SSSR count). The molecule has 0 aromatic carbocycles. The Bertz CT molecular complexity index is 343. The minimum absolute atomic E-state index is 0. The summed E-state index contributed by atoms with van der Waals surface area (Å²) in [6, 6.07) is 0. The quantitative estimate of drug-likeness (QED) is 0.344. The van der Waals surface area contributed by atoms with Gasteiger partial charge in [-0.1, -0.05) is 6.92 Å². The minimum atomic E-state index is 0. The predicted octanol–water partition coefficient (Wildman–Crippen LogP) is 1.37. The summed E-state index contributed by atoms with van der Waals surface area (Å²) in [7, 11) is 1.65. The molecule has 0 saturated carbocycles. The number of methoxy groups -OCH3 is 1. The standard InChI is InChI=1S/C10H18N4OS.HI/c1-3-9-14-8(7-16-9)6-13-10(11)12-4-5-15-2;/h7H,3-6H2,1-2H3,(H3,11,12,13);1H. The van der Waals surface area contributed by atoms with Gasteiger partial charge in [-0.05, 0) is 6.42 Å². The molecule has 0 aliphatic heterocycles. The molecule has 1 aromatic rings. The number of hydrogen-bond acceptors (Lipinski definition) is 4. The normalized spacial score (nSPS) is 11.1. The average Bonchev–Trinajstić information content (AvgIpc) is 2.74. The summed E-state index contributed by atoms with van der Waals surface area (Å²) >= 11 is 1.66. The summed E-state index contributed by atoms with van der Waals surface area (Å²) in [5, 5.41) is 6.11. The van der Waals surface area contributed by atoms with Crippen LogP contribution in [-0.2, 0) is 17.7 Å². The van der Waals surface area contributed by atoms with Gasteiger partial charge in [-0.25, -0.2) is 9.98 Å². The highest BCUT2D eigenvalue weighted by molar-refractivity contribution is 14.0. The van der Waals surface area contributed by atoms with Crippen molar-refractivity contribution in [3.63, 3.8) is 0 Å². The molecular formula is C10H19IN4OS. The van der Waals surface area contributed by atoms with E-state index in [0.717, 1.165) is 17.1 Å². The lowest BCUT2D eigenvalue weighted by Crippen LogP contribution is -2.34. The zero-order valence-electron chi connectivity index (χ0n) is 10.1. The van der Waals surface area contributed by atoms with E-state index in [4.69, 9.17) is 10.5 Å². The molecule has 17 heavy (non-hydrogen) atoms. The number of aromatic nitrogens is 1. The van der Waals surface area contributed by atoms with Crippen LogP contribution in [0.15, 0.2) is 10.4 Å². The molecular weight excluding hydrogens is 351 g/mol. The number of guanidine groups is 1. The van der Waals surface area contributed by atoms with Crippen LogP contribution in [0.3, 0.4) is 0 Å². The first kappa shape index (κ1) is 16.6. The molecule has 0 spiro atoms. The topological polar surface area (TPSA) is 72.5 Å². The van der Waals surface area contributed by atoms with Gasteiger partial charge in [-0.15, -0.1) is 35.3 Å². The number of thiazole rings is 1. The van der Waals surface area contributed by atoms with E-state index in [1.165, 1.54) is 0 Å². The maximum Gasteiger partial charge on any atom is 0.189 e. The van der Waals surface area contributed by atoms with E-state index in [1.54, 1.807) is 18.4 Å². The molecule has 7 heteroatoms. The fourth-order valence-electron chi connectivity index (χ4n) is 1.09. The van der Waals surface area contributed by atoms with E-state index < -0.39 is 0 Å². The third-order valence-corrected chi connectivity index (χ3v) is 2.97. The molecule has 0 aliphatic carbocycles. The molecule has 1 heterocycles. The molecule has 0 saturated heterocycles. The Morgan fingerprint density at radius 2 is 2.41 bits per heavy atom. The van der Waals surface area contributed by atoms with E-state index >= 15 is 0 Å². The van der Waals surface area contributed by atoms with Crippen LogP contribution < -0.4 is 11.1 Å². The van der Waals surface area contributed by atoms with E-state index in [2.05, 4.69) is 22.2 Å². The van der Waals surface area contributed by atoms with Crippen molar-refractivity contribution in [2.75, 3.05) is 20.3 Å². The Labute approximate surface area is 123 Å². The zero-order valence-corrected chi connectivity index (χ0v) is 13.2. The Kier molecular flexibility index (Phi) is 9.37. The third kappa shape index (κ3) is 6.79. The van der Waals surface area contributed by atoms with E-state index in [9.17, 15) is 0 Å². The smallest absolute Gasteiger partial charge is 0.189 e. The highest BCUT2D eigenvalue weighted by Gasteiger charge is 1.99. The molecule has 98 valence electrons. The van der Waals surface area contributed by atoms with Gasteiger partial charge in [0.25, 0.3) is 0 Å². The molecule has 0 amide bonds. The average molecular weight is 370 g/mol. The minimum Gasteiger partial charge on any atom is -0.383 e. The highest BCUT2D eigenvalue weighted by Crippen LogP contribution is 2.10. The molecule has 0 radical (unpaired) electrons. The number of nitrogens with one attached hydrogen (secondary N) is 1. The van der Waals surface area contributed by atoms with Crippen molar-refractivity contribution in [1.82, 2.24) is 10.3 Å². The van der Waals surface area contributed by atoms with E-state index in [0.29, 0.717) is 25.7 Å². The van der Waals surface area contributed by atoms with E-state index in [1.807, 2.05) is 5.38 Å². The van der Waals surface area contributed by atoms with Gasteiger partial charge in [0, 0.05) is 19.0 Å². The second kappa shape index (κ2) is 9.60. The van der Waals surface area contributed by atoms with Gasteiger partial charge >= 0.3 is 0 Å². The first-order chi connectivity index (χ1) is 7.76. The molecule has 0 bridgehead atoms. The number of nitrogens with zero attached hydrogens (tertiary/aromatic N) is 2. The summed E-state index contributed by atoms with van der Waals surface area (Å²) in [4.78, 5) is 8.59. The number of aryl methyl sites for hydroxylation is 1. The van der Waals surface area contributed by atoms with Crippen LogP contribution in [0.5, 0.6) is 0 Å². The number of rotatable bonds is 6. The lowest BCUT2D eigenvalue weighted by Gasteiger charge is -2.03. The number of ether oxygens (including phenoxy) is 1. The Hall–Kier alpha value is -0.410. The van der Waals surface area contributed by atoms with Crippen molar-refractivity contribution < 1.29 is 4.74 Å². The van der Waals surface area contributed by atoms with Crippen molar-refractivity contribution in [2.24, 2.45) is 10.7 Å². The number of aliphatic imine (C=N–C) groups is 1. The van der Waals surface area contributed by atoms with Crippen molar-refractivity contribution in [1.29, 1.82) is 0 Å². The molecule has 0 aliphatic rings. The van der Waals surface area contributed by atoms with Gasteiger partial charge in [-0.2, -0.15) is 0 Å². The summed E-state index contributed by atoms with van der Waals surface area (Å²) in [6.07, 6.45) is 0.968. The monoisotopic (exact) mass is 370 g/mol. The number of nitrogens with two attached hydrogens (primary N) is 1. The summed E-state index contributed by atoms with van der Waals surface area (Å²) in [5.41, 5.74) is 6.63. The summed E-state index contributed by atoms with van der Waals surface area (Å²) < 4.78 is 4.89. The Morgan fingerprint density at radius 3 is 3.00 bits per heavy atom. The van der Waals surface area contributed by atoms with Gasteiger partial charge in [0.1, 0.15) is 0 Å². The van der Waals surface area contributed by atoms with Crippen LogP contribution in [0, 0.1) is 0 Å². The zero-order chi connectivity index (χ0) is 11.8. The molecule has 0 unspecified atom stereocenters. The van der Waals surface area contributed by atoms with Gasteiger partial charge in [0.2, 0.25) is 0 Å². The second-order valence-electron chi connectivity index (χ2n) is 3.21. The van der Waals surface area contributed by atoms with Crippen LogP contribution in [0.2, 0.25) is 0 Å². The van der Waals surface area contributed by atoms with Gasteiger partial charge in [0.05, 0.1) is 23.9 Å². The van der Waals surface area contributed by atoms with Crippen molar-refractivity contribution >= 4 is 41.3 Å². The highest BCUT2D eigenvalue weighted by atomic mass is 127. The van der Waals surface area contributed by atoms with Crippen LogP contribution in [0.25, 0.3) is 0 Å². The van der Waals surface area contributed by atoms with Gasteiger partial charge in [0.15, 0.2) is 5.96 Å². The molecule has 3 N–H and O–H groups in total. The van der Waals surface area contributed by atoms with Crippen LogP contribution in [0.1, 0.15) is 17.6 Å². The van der Waals surface area contributed by atoms with Crippen molar-refractivity contribution in [3.05, 3.63) is 16.1 Å². The fourth-order valence-corrected chi connectivity index (χ4v) is 1.82. The maximum absolute atomic E-state index is 5.66. The predicted molar refractivity (Wildman–Crippen MR) is 82.1 cm³/mol. The first-order valence-electron chi connectivity index (χ1n) is 5.22. The maximum atomic E-state index is 5.66. The summed E-state index contributed by atoms with van der Waals surface area (Å²) in [5.74, 6) is 0.433. The van der Waals surface area contributed by atoms with Crippen molar-refractivity contribution in [3.8, 4) is 0 Å². The van der Waals surface area contributed by atoms with Crippen LogP contribution >= 0.6 is 35.3 Å². The van der Waals surface area contributed by atoms with Crippen molar-refractivity contribution in [2.45, 2.75) is 19.9 Å². The van der Waals surface area contributed by atoms with Crippen LogP contribution in [0.4, 0.5) is 0 Å². The number of halogens is 1. The van der Waals surface area contributed by atoms with Gasteiger partial charge in [-0.3, -0.25) is 0 Å². The first-order valence-corrected chi connectivity index (χ1v) is 6.10. The van der Waals surface area contributed by atoms with E-state index in [-0.39, 0.29) is 24.0 Å². The SMILES string of the molecule is CCc1nc(CN=C(N)NCCOC)cs1.I. The Balaban J connectivity index is 0.00000256. The molecule has 0 fully saturated rings. The largest absolute Gasteiger partial charge is 0.383 e. The molecule has 1 aromatic heterocycles. The fraction of sp³-hybridized carbons (Fsp3) is 0.600. The second-order valence-corrected chi connectivity index (χ2v) is 4.15. The lowest BCUT2D eigenvalue weighted by molar-refractivity contribution is 0.204. The Morgan fingerprint density at radius 1 is 1.65 bits per heavy atom. The molecule has 5 nitrogen and oxygen atoms in total.